The summed E-state index contributed by atoms with van der Waals surface area (Å²) < 4.78 is 0. The van der Waals surface area contributed by atoms with Gasteiger partial charge in [-0.2, -0.15) is 5.10 Å². The van der Waals surface area contributed by atoms with Crippen LogP contribution in [0.3, 0.4) is 0 Å². The summed E-state index contributed by atoms with van der Waals surface area (Å²) in [6.45, 7) is 5.95. The van der Waals surface area contributed by atoms with Crippen LogP contribution in [0.4, 0.5) is 17.1 Å². The van der Waals surface area contributed by atoms with Crippen molar-refractivity contribution in [1.29, 1.82) is 0 Å². The van der Waals surface area contributed by atoms with E-state index in [0.29, 0.717) is 11.6 Å². The van der Waals surface area contributed by atoms with E-state index in [0.717, 1.165) is 56.8 Å². The Balaban J connectivity index is 1.81. The third-order valence-electron chi connectivity index (χ3n) is 5.30. The van der Waals surface area contributed by atoms with Crippen LogP contribution < -0.4 is 15.6 Å². The molecular weight excluding hydrogens is 330 g/mol. The first kappa shape index (κ1) is 18.6. The first-order valence-corrected chi connectivity index (χ1v) is 9.75. The van der Waals surface area contributed by atoms with Crippen LogP contribution >= 0.6 is 0 Å². The van der Waals surface area contributed by atoms with E-state index in [2.05, 4.69) is 27.7 Å². The lowest BCUT2D eigenvalue weighted by Gasteiger charge is -2.29. The van der Waals surface area contributed by atoms with Gasteiger partial charge < -0.3 is 10.2 Å². The Kier molecular flexibility index (Phi) is 6.44. The minimum absolute atomic E-state index is 0.0749. The quantitative estimate of drug-likeness (QED) is 0.597. The smallest absolute Gasteiger partial charge is 0.294 e. The molecule has 3 rings (SSSR count). The summed E-state index contributed by atoms with van der Waals surface area (Å²) in [5.41, 5.74) is 5.66. The topological polar surface area (TPSA) is 82.8 Å². The van der Waals surface area contributed by atoms with Gasteiger partial charge in [0, 0.05) is 37.3 Å². The molecule has 7 heteroatoms. The summed E-state index contributed by atoms with van der Waals surface area (Å²) in [5.74, 6) is 0.457. The summed E-state index contributed by atoms with van der Waals surface area (Å²) in [5, 5.41) is 19.3. The number of nitro groups is 1. The van der Waals surface area contributed by atoms with Crippen LogP contribution in [0.1, 0.15) is 45.4 Å². The van der Waals surface area contributed by atoms with Gasteiger partial charge in [-0.3, -0.25) is 15.5 Å². The van der Waals surface area contributed by atoms with Crippen molar-refractivity contribution in [2.75, 3.05) is 36.5 Å². The highest BCUT2D eigenvalue weighted by molar-refractivity contribution is 5.90. The van der Waals surface area contributed by atoms with E-state index < -0.39 is 0 Å². The van der Waals surface area contributed by atoms with Crippen LogP contribution in [0.2, 0.25) is 0 Å². The predicted molar refractivity (Wildman–Crippen MR) is 106 cm³/mol. The Labute approximate surface area is 155 Å². The number of hydrogen-bond acceptors (Lipinski definition) is 6. The average Bonchev–Trinajstić information content (AvgIpc) is 2.68. The summed E-state index contributed by atoms with van der Waals surface area (Å²) in [6, 6.07) is 5.32. The molecule has 1 aromatic rings. The Morgan fingerprint density at radius 2 is 2.15 bits per heavy atom. The number of piperidine rings is 2. The third kappa shape index (κ3) is 4.52. The van der Waals surface area contributed by atoms with Crippen LogP contribution in [0, 0.1) is 16.0 Å². The fourth-order valence-electron chi connectivity index (χ4n) is 3.85. The molecule has 1 aromatic carbocycles. The van der Waals surface area contributed by atoms with E-state index in [1.165, 1.54) is 19.3 Å². The Morgan fingerprint density at radius 3 is 2.88 bits per heavy atom. The minimum atomic E-state index is -0.342. The van der Waals surface area contributed by atoms with Gasteiger partial charge in [0.1, 0.15) is 5.69 Å². The molecule has 2 aliphatic heterocycles. The highest BCUT2D eigenvalue weighted by Crippen LogP contribution is 2.31. The number of hydrogen-bond donors (Lipinski definition) is 2. The number of anilines is 2. The Hall–Kier alpha value is -2.15. The van der Waals surface area contributed by atoms with Gasteiger partial charge in [0.25, 0.3) is 5.69 Å². The second kappa shape index (κ2) is 8.98. The van der Waals surface area contributed by atoms with E-state index >= 15 is 0 Å². The third-order valence-corrected chi connectivity index (χ3v) is 5.30. The molecule has 1 atom stereocenters. The maximum atomic E-state index is 11.4. The van der Waals surface area contributed by atoms with Crippen LogP contribution in [0.25, 0.3) is 0 Å². The van der Waals surface area contributed by atoms with Crippen LogP contribution in [-0.2, 0) is 0 Å². The fraction of sp³-hybridized carbons (Fsp3) is 0.632. The van der Waals surface area contributed by atoms with Crippen molar-refractivity contribution in [2.45, 2.75) is 45.4 Å². The molecule has 2 N–H and O–H groups in total. The summed E-state index contributed by atoms with van der Waals surface area (Å²) >= 11 is 0. The molecule has 2 aliphatic rings. The maximum Gasteiger partial charge on any atom is 0.294 e. The predicted octanol–water partition coefficient (Wildman–Crippen LogP) is 3.76. The van der Waals surface area contributed by atoms with Crippen molar-refractivity contribution >= 4 is 22.8 Å². The van der Waals surface area contributed by atoms with Crippen LogP contribution in [0.15, 0.2) is 23.3 Å². The lowest BCUT2D eigenvalue weighted by atomic mass is 9.91. The van der Waals surface area contributed by atoms with E-state index in [1.54, 1.807) is 6.07 Å². The second-order valence-electron chi connectivity index (χ2n) is 7.17. The van der Waals surface area contributed by atoms with E-state index in [1.807, 2.05) is 12.1 Å². The number of rotatable bonds is 6. The summed E-state index contributed by atoms with van der Waals surface area (Å²) in [7, 11) is 0. The van der Waals surface area contributed by atoms with Crippen LogP contribution in [0.5, 0.6) is 0 Å². The molecule has 142 valence electrons. The summed E-state index contributed by atoms with van der Waals surface area (Å²) in [4.78, 5) is 13.4. The normalized spacial score (nSPS) is 22.4. The zero-order valence-electron chi connectivity index (χ0n) is 15.5. The largest absolute Gasteiger partial charge is 0.371 e. The SMILES string of the molecule is CCC[C@H]1CCNC/C1=N/Nc1cc(N2CCCCC2)ccc1[N+](=O)[O-]. The van der Waals surface area contributed by atoms with Crippen molar-refractivity contribution in [2.24, 2.45) is 11.0 Å². The number of hydrazone groups is 1. The Bertz CT molecular complexity index is 653. The van der Waals surface area contributed by atoms with Gasteiger partial charge in [-0.05, 0) is 50.8 Å². The van der Waals surface area contributed by atoms with E-state index in [9.17, 15) is 10.1 Å². The van der Waals surface area contributed by atoms with Gasteiger partial charge in [-0.25, -0.2) is 0 Å². The summed E-state index contributed by atoms with van der Waals surface area (Å²) in [6.07, 6.45) is 6.91. The van der Waals surface area contributed by atoms with Gasteiger partial charge in [-0.15, -0.1) is 0 Å². The molecule has 2 fully saturated rings. The number of benzene rings is 1. The molecule has 0 spiro atoms. The lowest BCUT2D eigenvalue weighted by molar-refractivity contribution is -0.383. The molecule has 0 aliphatic carbocycles. The van der Waals surface area contributed by atoms with Gasteiger partial charge >= 0.3 is 0 Å². The van der Waals surface area contributed by atoms with Crippen molar-refractivity contribution in [3.63, 3.8) is 0 Å². The molecule has 0 bridgehead atoms. The zero-order chi connectivity index (χ0) is 18.4. The lowest BCUT2D eigenvalue weighted by Crippen LogP contribution is -2.37. The van der Waals surface area contributed by atoms with Crippen molar-refractivity contribution in [3.8, 4) is 0 Å². The van der Waals surface area contributed by atoms with Crippen molar-refractivity contribution in [3.05, 3.63) is 28.3 Å². The van der Waals surface area contributed by atoms with Gasteiger partial charge in [0.05, 0.1) is 10.6 Å². The van der Waals surface area contributed by atoms with Crippen LogP contribution in [-0.4, -0.2) is 36.8 Å². The Morgan fingerprint density at radius 1 is 1.35 bits per heavy atom. The van der Waals surface area contributed by atoms with Gasteiger partial charge in [0.15, 0.2) is 0 Å². The van der Waals surface area contributed by atoms with Gasteiger partial charge in [0.2, 0.25) is 0 Å². The maximum absolute atomic E-state index is 11.4. The van der Waals surface area contributed by atoms with Crippen molar-refractivity contribution < 1.29 is 4.92 Å². The molecule has 26 heavy (non-hydrogen) atoms. The molecule has 2 saturated heterocycles. The molecule has 7 nitrogen and oxygen atoms in total. The first-order valence-electron chi connectivity index (χ1n) is 9.75. The molecule has 0 radical (unpaired) electrons. The highest BCUT2D eigenvalue weighted by Gasteiger charge is 2.21. The second-order valence-corrected chi connectivity index (χ2v) is 7.17. The fourth-order valence-corrected chi connectivity index (χ4v) is 3.85. The van der Waals surface area contributed by atoms with Crippen molar-refractivity contribution in [1.82, 2.24) is 5.32 Å². The molecular formula is C19H29N5O2. The zero-order valence-corrected chi connectivity index (χ0v) is 15.5. The molecule has 2 heterocycles. The molecule has 0 amide bonds. The number of nitrogens with zero attached hydrogens (tertiary/aromatic N) is 3. The molecule has 0 saturated carbocycles. The highest BCUT2D eigenvalue weighted by atomic mass is 16.6. The molecule has 0 aromatic heterocycles. The first-order chi connectivity index (χ1) is 12.7. The van der Waals surface area contributed by atoms with E-state index in [4.69, 9.17) is 0 Å². The monoisotopic (exact) mass is 359 g/mol. The minimum Gasteiger partial charge on any atom is -0.371 e. The molecule has 0 unspecified atom stereocenters. The number of nitrogens with one attached hydrogen (secondary N) is 2. The van der Waals surface area contributed by atoms with Gasteiger partial charge in [-0.1, -0.05) is 13.3 Å². The van der Waals surface area contributed by atoms with E-state index in [-0.39, 0.29) is 10.6 Å². The average molecular weight is 359 g/mol. The number of nitro benzene ring substituents is 1. The standard InChI is InChI=1S/C19H29N5O2/c1-2-6-15-9-10-20-14-18(15)22-21-17-13-16(7-8-19(17)24(25)26)23-11-4-3-5-12-23/h7-8,13,15,20-21H,2-6,9-12,14H2,1H3/b22-18-/t15-/m0/s1.